The van der Waals surface area contributed by atoms with Crippen LogP contribution in [0.25, 0.3) is 34.2 Å². The largest absolute Gasteiger partial charge is 0.385 e. The number of aromatic nitrogens is 1. The number of nitrogens with zero attached hydrogens (tertiary/aromatic N) is 3. The molecule has 1 saturated heterocycles. The van der Waals surface area contributed by atoms with Gasteiger partial charge in [0.05, 0.1) is 29.3 Å². The molecule has 0 spiro atoms. The average Bonchev–Trinajstić information content (AvgIpc) is 3.66. The number of fused-ring (bicyclic) bond motifs is 6. The molecule has 0 radical (unpaired) electrons. The van der Waals surface area contributed by atoms with Crippen molar-refractivity contribution in [3.05, 3.63) is 220 Å². The summed E-state index contributed by atoms with van der Waals surface area (Å²) in [5, 5.41) is 7.86. The molecular weight excluding hydrogens is 791 g/mol. The monoisotopic (exact) mass is 849 g/mol. The maximum absolute atomic E-state index is 4.18. The Labute approximate surface area is 385 Å². The lowest BCUT2D eigenvalue weighted by Crippen LogP contribution is -2.56. The van der Waals surface area contributed by atoms with E-state index in [1.54, 1.807) is 0 Å². The molecule has 5 aliphatic carbocycles. The van der Waals surface area contributed by atoms with Gasteiger partial charge in [0.2, 0.25) is 0 Å². The molecule has 2 N–H and O–H groups in total. The Hall–Kier alpha value is -6.40. The normalized spacial score (nSPS) is 25.8. The second-order valence-corrected chi connectivity index (χ2v) is 19.0. The van der Waals surface area contributed by atoms with E-state index in [9.17, 15) is 0 Å². The zero-order valence-corrected chi connectivity index (χ0v) is 37.5. The van der Waals surface area contributed by atoms with Crippen LogP contribution in [0.5, 0.6) is 0 Å². The number of dihydropyridines is 1. The quantitative estimate of drug-likeness (QED) is 0.194. The van der Waals surface area contributed by atoms with E-state index in [-0.39, 0.29) is 12.2 Å². The molecule has 65 heavy (non-hydrogen) atoms. The Morgan fingerprint density at radius 2 is 1.46 bits per heavy atom. The summed E-state index contributed by atoms with van der Waals surface area (Å²) in [6.45, 7) is 0.814. The molecule has 5 atom stereocenters. The van der Waals surface area contributed by atoms with Gasteiger partial charge in [-0.25, -0.2) is 0 Å². The maximum Gasteiger partial charge on any atom is 0.0865 e. The number of hydrogen-bond donors (Lipinski definition) is 2. The van der Waals surface area contributed by atoms with E-state index in [0.29, 0.717) is 18.0 Å². The third-order valence-corrected chi connectivity index (χ3v) is 15.1. The van der Waals surface area contributed by atoms with Crippen molar-refractivity contribution in [2.24, 2.45) is 5.92 Å². The highest BCUT2D eigenvalue weighted by atomic mass is 15.3. The molecule has 5 heteroatoms. The highest BCUT2D eigenvalue weighted by Crippen LogP contribution is 2.52. The van der Waals surface area contributed by atoms with Crippen LogP contribution < -0.4 is 15.5 Å². The summed E-state index contributed by atoms with van der Waals surface area (Å²) in [5.41, 5.74) is 20.3. The van der Waals surface area contributed by atoms with Crippen molar-refractivity contribution in [2.45, 2.75) is 82.1 Å². The fraction of sp³-hybridized carbons (Fsp3) is 0.267. The lowest BCUT2D eigenvalue weighted by Gasteiger charge is -2.47. The van der Waals surface area contributed by atoms with E-state index in [2.05, 4.69) is 208 Å². The van der Waals surface area contributed by atoms with Crippen LogP contribution in [0.1, 0.15) is 85.5 Å². The average molecular weight is 850 g/mol. The Bertz CT molecular complexity index is 2870. The highest BCUT2D eigenvalue weighted by Gasteiger charge is 2.40. The zero-order chi connectivity index (χ0) is 43.3. The SMILES string of the molecule is CN1C(C2=CCCC=C2)CC(C2C=C(C3=CC(N4C5=C(CCC=C5)c5c6c(n(C7=CNCC(c8ccccc8)=C7)c5-c5ccccc54)C=CCC6)CC=C3)C=CC2)NC1c1ccccc1. The van der Waals surface area contributed by atoms with Gasteiger partial charge < -0.3 is 14.8 Å². The minimum Gasteiger partial charge on any atom is -0.385 e. The van der Waals surface area contributed by atoms with E-state index in [1.807, 2.05) is 0 Å². The number of likely N-dealkylation sites (N-methyl/N-ethyl adjacent to an activating group) is 1. The second kappa shape index (κ2) is 17.2. The molecule has 1 fully saturated rings. The van der Waals surface area contributed by atoms with Crippen LogP contribution in [0.2, 0.25) is 0 Å². The fourth-order valence-corrected chi connectivity index (χ4v) is 12.1. The third kappa shape index (κ3) is 7.26. The molecule has 8 aliphatic rings. The Balaban J connectivity index is 0.930. The van der Waals surface area contributed by atoms with Crippen molar-refractivity contribution in [3.63, 3.8) is 0 Å². The van der Waals surface area contributed by atoms with Crippen LogP contribution in [-0.2, 0) is 6.42 Å². The number of rotatable bonds is 7. The van der Waals surface area contributed by atoms with Gasteiger partial charge in [0.25, 0.3) is 0 Å². The van der Waals surface area contributed by atoms with Gasteiger partial charge in [0, 0.05) is 47.3 Å². The molecule has 5 nitrogen and oxygen atoms in total. The second-order valence-electron chi connectivity index (χ2n) is 19.0. The number of nitrogens with one attached hydrogen (secondary N) is 2. The predicted molar refractivity (Wildman–Crippen MR) is 271 cm³/mol. The summed E-state index contributed by atoms with van der Waals surface area (Å²) in [6, 6.07) is 32.1. The minimum absolute atomic E-state index is 0.154. The van der Waals surface area contributed by atoms with Crippen molar-refractivity contribution in [1.29, 1.82) is 0 Å². The van der Waals surface area contributed by atoms with Gasteiger partial charge in [-0.1, -0.05) is 146 Å². The predicted octanol–water partition coefficient (Wildman–Crippen LogP) is 12.9. The summed E-state index contributed by atoms with van der Waals surface area (Å²) >= 11 is 0. The third-order valence-electron chi connectivity index (χ3n) is 15.1. The molecule has 5 unspecified atom stereocenters. The Morgan fingerprint density at radius 3 is 2.32 bits per heavy atom. The number of anilines is 1. The van der Waals surface area contributed by atoms with Crippen molar-refractivity contribution < 1.29 is 0 Å². The number of para-hydroxylation sites is 1. The molecular formula is C60H59N5. The maximum atomic E-state index is 4.18. The van der Waals surface area contributed by atoms with Crippen LogP contribution in [-0.4, -0.2) is 41.2 Å². The van der Waals surface area contributed by atoms with Gasteiger partial charge in [0.1, 0.15) is 0 Å². The topological polar surface area (TPSA) is 35.5 Å². The number of hydrogen-bond acceptors (Lipinski definition) is 4. The fourth-order valence-electron chi connectivity index (χ4n) is 12.1. The first-order valence-electron chi connectivity index (χ1n) is 24.3. The van der Waals surface area contributed by atoms with Crippen molar-refractivity contribution in [2.75, 3.05) is 18.5 Å². The first kappa shape index (κ1) is 40.1. The van der Waals surface area contributed by atoms with Gasteiger partial charge in [-0.2, -0.15) is 0 Å². The summed E-state index contributed by atoms with van der Waals surface area (Å²) < 4.78 is 2.59. The van der Waals surface area contributed by atoms with Gasteiger partial charge in [-0.3, -0.25) is 10.2 Å². The first-order chi connectivity index (χ1) is 32.2. The van der Waals surface area contributed by atoms with Crippen LogP contribution >= 0.6 is 0 Å². The lowest BCUT2D eigenvalue weighted by molar-refractivity contribution is 0.0778. The van der Waals surface area contributed by atoms with Gasteiger partial charge >= 0.3 is 0 Å². The van der Waals surface area contributed by atoms with E-state index in [1.165, 1.54) is 84.2 Å². The summed E-state index contributed by atoms with van der Waals surface area (Å²) in [4.78, 5) is 5.28. The molecule has 12 rings (SSSR count). The summed E-state index contributed by atoms with van der Waals surface area (Å²) in [5.74, 6) is 0.389. The summed E-state index contributed by atoms with van der Waals surface area (Å²) in [6.07, 6.45) is 46.1. The minimum atomic E-state index is 0.154. The van der Waals surface area contributed by atoms with Gasteiger partial charge in [-0.15, -0.1) is 0 Å². The molecule has 0 saturated carbocycles. The number of allylic oxidation sites excluding steroid dienone is 13. The first-order valence-corrected chi connectivity index (χ1v) is 24.3. The zero-order valence-electron chi connectivity index (χ0n) is 37.5. The Morgan fingerprint density at radius 1 is 0.692 bits per heavy atom. The Kier molecular flexibility index (Phi) is 10.6. The van der Waals surface area contributed by atoms with Crippen molar-refractivity contribution >= 4 is 28.6 Å². The highest BCUT2D eigenvalue weighted by molar-refractivity contribution is 5.99. The summed E-state index contributed by atoms with van der Waals surface area (Å²) in [7, 11) is 2.31. The molecule has 4 heterocycles. The van der Waals surface area contributed by atoms with E-state index in [0.717, 1.165) is 64.3 Å². The number of benzene rings is 3. The van der Waals surface area contributed by atoms with Crippen LogP contribution in [0.15, 0.2) is 193 Å². The molecule has 3 aliphatic heterocycles. The molecule has 1 aromatic heterocycles. The smallest absolute Gasteiger partial charge is 0.0865 e. The van der Waals surface area contributed by atoms with Gasteiger partial charge in [-0.05, 0) is 140 Å². The lowest BCUT2D eigenvalue weighted by atomic mass is 9.80. The molecule has 0 bridgehead atoms. The standard InChI is InChI=1S/C60H59N5/c1-63-57(42-21-7-3-8-22-42)38-53(62-60(63)43-23-9-4-10-24-43)46-27-17-25-44(35-46)45-26-18-28-48(36-45)64-54-32-14-11-29-50(54)58-51-30-12-15-33-55(51)65(59(58)52-31-13-16-34-56(52)64)49-37-47(39-61-40-49)41-19-5-2-6-20-41/h2,4-7,9-10,13-26,31-37,40,46,48,53,57,60-62H,3,8,11-12,27-30,38-39H2,1H3. The van der Waals surface area contributed by atoms with E-state index < -0.39 is 0 Å². The molecule has 4 aromatic rings. The van der Waals surface area contributed by atoms with Gasteiger partial charge in [0.15, 0.2) is 0 Å². The van der Waals surface area contributed by atoms with Crippen LogP contribution in [0, 0.1) is 5.92 Å². The molecule has 3 aromatic carbocycles. The van der Waals surface area contributed by atoms with Crippen LogP contribution in [0.4, 0.5) is 5.69 Å². The van der Waals surface area contributed by atoms with Crippen molar-refractivity contribution in [1.82, 2.24) is 20.1 Å². The van der Waals surface area contributed by atoms with Crippen LogP contribution in [0.3, 0.4) is 0 Å². The molecule has 0 amide bonds. The molecule has 324 valence electrons. The van der Waals surface area contributed by atoms with Crippen molar-refractivity contribution in [3.8, 4) is 11.3 Å². The van der Waals surface area contributed by atoms with E-state index >= 15 is 0 Å². The van der Waals surface area contributed by atoms with E-state index in [4.69, 9.17) is 0 Å².